The van der Waals surface area contributed by atoms with Crippen LogP contribution in [0.2, 0.25) is 0 Å². The summed E-state index contributed by atoms with van der Waals surface area (Å²) in [6, 6.07) is 4.49. The lowest BCUT2D eigenvalue weighted by Gasteiger charge is -2.11. The van der Waals surface area contributed by atoms with E-state index < -0.39 is 5.82 Å². The predicted molar refractivity (Wildman–Crippen MR) is 79.8 cm³/mol. The molecule has 0 bridgehead atoms. The Kier molecular flexibility index (Phi) is 6.54. The SMILES string of the molecule is COCC(C)CC(=O)NCc1ccc(C(N)=S)cc1F. The zero-order valence-electron chi connectivity index (χ0n) is 11.6. The molecule has 1 atom stereocenters. The second-order valence-corrected chi connectivity index (χ2v) is 5.15. The first kappa shape index (κ1) is 16.5. The molecule has 0 aliphatic carbocycles. The van der Waals surface area contributed by atoms with Gasteiger partial charge in [0.2, 0.25) is 5.91 Å². The molecule has 1 unspecified atom stereocenters. The number of hydrogen-bond acceptors (Lipinski definition) is 3. The van der Waals surface area contributed by atoms with Crippen LogP contribution in [-0.2, 0) is 16.1 Å². The number of nitrogens with one attached hydrogen (secondary N) is 1. The Morgan fingerprint density at radius 1 is 1.55 bits per heavy atom. The fraction of sp³-hybridized carbons (Fsp3) is 0.429. The Labute approximate surface area is 123 Å². The zero-order chi connectivity index (χ0) is 15.1. The van der Waals surface area contributed by atoms with Gasteiger partial charge < -0.3 is 15.8 Å². The van der Waals surface area contributed by atoms with Gasteiger partial charge in [0, 0.05) is 37.8 Å². The van der Waals surface area contributed by atoms with Crippen molar-refractivity contribution in [2.24, 2.45) is 11.7 Å². The lowest BCUT2D eigenvalue weighted by molar-refractivity contribution is -0.122. The van der Waals surface area contributed by atoms with Crippen molar-refractivity contribution in [3.63, 3.8) is 0 Å². The van der Waals surface area contributed by atoms with Crippen molar-refractivity contribution in [3.05, 3.63) is 35.1 Å². The number of amides is 1. The molecule has 0 heterocycles. The van der Waals surface area contributed by atoms with Gasteiger partial charge in [-0.3, -0.25) is 4.79 Å². The molecular formula is C14H19FN2O2S. The molecule has 0 aliphatic rings. The van der Waals surface area contributed by atoms with Gasteiger partial charge in [-0.1, -0.05) is 31.3 Å². The lowest BCUT2D eigenvalue weighted by atomic mass is 10.1. The molecule has 0 saturated heterocycles. The Bertz CT molecular complexity index is 494. The zero-order valence-corrected chi connectivity index (χ0v) is 12.4. The highest BCUT2D eigenvalue weighted by atomic mass is 32.1. The predicted octanol–water partition coefficient (Wildman–Crippen LogP) is 1.75. The van der Waals surface area contributed by atoms with Crippen molar-refractivity contribution in [3.8, 4) is 0 Å². The summed E-state index contributed by atoms with van der Waals surface area (Å²) >= 11 is 4.77. The van der Waals surface area contributed by atoms with Crippen LogP contribution in [0.1, 0.15) is 24.5 Å². The van der Waals surface area contributed by atoms with Crippen LogP contribution in [0.15, 0.2) is 18.2 Å². The summed E-state index contributed by atoms with van der Waals surface area (Å²) < 4.78 is 18.7. The minimum absolute atomic E-state index is 0.127. The van der Waals surface area contributed by atoms with E-state index in [-0.39, 0.29) is 23.4 Å². The first-order chi connectivity index (χ1) is 9.43. The normalized spacial score (nSPS) is 11.9. The smallest absolute Gasteiger partial charge is 0.220 e. The molecule has 1 rings (SSSR count). The van der Waals surface area contributed by atoms with Gasteiger partial charge in [0.1, 0.15) is 10.8 Å². The summed E-state index contributed by atoms with van der Waals surface area (Å²) in [4.78, 5) is 11.8. The highest BCUT2D eigenvalue weighted by Crippen LogP contribution is 2.11. The van der Waals surface area contributed by atoms with Crippen LogP contribution in [0, 0.1) is 11.7 Å². The average Bonchev–Trinajstić information content (AvgIpc) is 2.37. The van der Waals surface area contributed by atoms with E-state index in [1.54, 1.807) is 19.2 Å². The van der Waals surface area contributed by atoms with Gasteiger partial charge in [0.25, 0.3) is 0 Å². The van der Waals surface area contributed by atoms with E-state index >= 15 is 0 Å². The van der Waals surface area contributed by atoms with Gasteiger partial charge in [-0.05, 0) is 12.0 Å². The van der Waals surface area contributed by atoms with E-state index in [0.717, 1.165) is 0 Å². The quantitative estimate of drug-likeness (QED) is 0.753. The van der Waals surface area contributed by atoms with Crippen molar-refractivity contribution in [1.82, 2.24) is 5.32 Å². The Balaban J connectivity index is 2.53. The van der Waals surface area contributed by atoms with E-state index in [1.807, 2.05) is 6.92 Å². The molecule has 1 aromatic carbocycles. The van der Waals surface area contributed by atoms with Gasteiger partial charge in [-0.25, -0.2) is 4.39 Å². The van der Waals surface area contributed by atoms with Gasteiger partial charge >= 0.3 is 0 Å². The first-order valence-corrected chi connectivity index (χ1v) is 6.68. The molecule has 4 nitrogen and oxygen atoms in total. The molecule has 0 aliphatic heterocycles. The van der Waals surface area contributed by atoms with Crippen LogP contribution < -0.4 is 11.1 Å². The van der Waals surface area contributed by atoms with Crippen molar-refractivity contribution >= 4 is 23.1 Å². The second kappa shape index (κ2) is 7.91. The van der Waals surface area contributed by atoms with Gasteiger partial charge in [-0.15, -0.1) is 0 Å². The van der Waals surface area contributed by atoms with Crippen LogP contribution >= 0.6 is 12.2 Å². The first-order valence-electron chi connectivity index (χ1n) is 6.28. The van der Waals surface area contributed by atoms with Crippen LogP contribution in [0.3, 0.4) is 0 Å². The number of halogens is 1. The third kappa shape index (κ3) is 5.22. The lowest BCUT2D eigenvalue weighted by Crippen LogP contribution is -2.26. The number of thiocarbonyl (C=S) groups is 1. The van der Waals surface area contributed by atoms with E-state index in [9.17, 15) is 9.18 Å². The number of benzene rings is 1. The van der Waals surface area contributed by atoms with Crippen LogP contribution in [-0.4, -0.2) is 24.6 Å². The fourth-order valence-corrected chi connectivity index (χ4v) is 1.90. The number of carbonyl (C=O) groups is 1. The van der Waals surface area contributed by atoms with Crippen LogP contribution in [0.5, 0.6) is 0 Å². The van der Waals surface area contributed by atoms with Gasteiger partial charge in [0.05, 0.1) is 0 Å². The summed E-state index contributed by atoms with van der Waals surface area (Å²) in [6.07, 6.45) is 0.348. The Morgan fingerprint density at radius 2 is 2.25 bits per heavy atom. The molecule has 6 heteroatoms. The minimum atomic E-state index is -0.430. The topological polar surface area (TPSA) is 64.3 Å². The molecule has 0 saturated carbocycles. The summed E-state index contributed by atoms with van der Waals surface area (Å²) in [6.45, 7) is 2.58. The molecule has 0 spiro atoms. The van der Waals surface area contributed by atoms with Crippen LogP contribution in [0.4, 0.5) is 4.39 Å². The number of rotatable bonds is 7. The Hall–Kier alpha value is -1.53. The highest BCUT2D eigenvalue weighted by Gasteiger charge is 2.10. The standard InChI is InChI=1S/C14H19FN2O2S/c1-9(8-19-2)5-13(18)17-7-11-4-3-10(14(16)20)6-12(11)15/h3-4,6,9H,5,7-8H2,1-2H3,(H2,16,20)(H,17,18). The molecular weight excluding hydrogens is 279 g/mol. The average molecular weight is 298 g/mol. The summed E-state index contributed by atoms with van der Waals surface area (Å²) in [5.74, 6) is -0.435. The minimum Gasteiger partial charge on any atom is -0.389 e. The summed E-state index contributed by atoms with van der Waals surface area (Å²) in [7, 11) is 1.59. The molecule has 0 radical (unpaired) electrons. The van der Waals surface area contributed by atoms with Crippen molar-refractivity contribution < 1.29 is 13.9 Å². The van der Waals surface area contributed by atoms with Crippen molar-refractivity contribution in [2.75, 3.05) is 13.7 Å². The maximum Gasteiger partial charge on any atom is 0.220 e. The third-order valence-corrected chi connectivity index (χ3v) is 3.03. The number of methoxy groups -OCH3 is 1. The number of carbonyl (C=O) groups excluding carboxylic acids is 1. The molecule has 1 aromatic rings. The maximum atomic E-state index is 13.8. The molecule has 3 N–H and O–H groups in total. The number of ether oxygens (including phenoxy) is 1. The largest absolute Gasteiger partial charge is 0.389 e. The molecule has 20 heavy (non-hydrogen) atoms. The monoisotopic (exact) mass is 298 g/mol. The van der Waals surface area contributed by atoms with Crippen molar-refractivity contribution in [2.45, 2.75) is 19.9 Å². The van der Waals surface area contributed by atoms with Gasteiger partial charge in [-0.2, -0.15) is 0 Å². The maximum absolute atomic E-state index is 13.8. The molecule has 0 aromatic heterocycles. The fourth-order valence-electron chi connectivity index (χ4n) is 1.77. The van der Waals surface area contributed by atoms with E-state index in [0.29, 0.717) is 24.2 Å². The highest BCUT2D eigenvalue weighted by molar-refractivity contribution is 7.80. The number of nitrogens with two attached hydrogens (primary N) is 1. The molecule has 110 valence electrons. The summed E-state index contributed by atoms with van der Waals surface area (Å²) in [5.41, 5.74) is 6.30. The van der Waals surface area contributed by atoms with Crippen LogP contribution in [0.25, 0.3) is 0 Å². The molecule has 0 fully saturated rings. The van der Waals surface area contributed by atoms with E-state index in [4.69, 9.17) is 22.7 Å². The van der Waals surface area contributed by atoms with E-state index in [1.165, 1.54) is 6.07 Å². The van der Waals surface area contributed by atoms with Crippen molar-refractivity contribution in [1.29, 1.82) is 0 Å². The Morgan fingerprint density at radius 3 is 2.80 bits per heavy atom. The number of hydrogen-bond donors (Lipinski definition) is 2. The van der Waals surface area contributed by atoms with E-state index in [2.05, 4.69) is 5.32 Å². The van der Waals surface area contributed by atoms with Gasteiger partial charge in [0.15, 0.2) is 0 Å². The summed E-state index contributed by atoms with van der Waals surface area (Å²) in [5, 5.41) is 2.68. The molecule has 1 amide bonds. The third-order valence-electron chi connectivity index (χ3n) is 2.80. The second-order valence-electron chi connectivity index (χ2n) is 4.71.